The molecule has 7 nitrogen and oxygen atoms in total. The van der Waals surface area contributed by atoms with Crippen molar-refractivity contribution in [1.82, 2.24) is 4.98 Å². The highest BCUT2D eigenvalue weighted by Crippen LogP contribution is 2.36. The molecule has 0 bridgehead atoms. The molecule has 0 aliphatic carbocycles. The first-order valence-corrected chi connectivity index (χ1v) is 10.6. The minimum absolute atomic E-state index is 0.00146. The van der Waals surface area contributed by atoms with Crippen molar-refractivity contribution in [3.8, 4) is 11.1 Å². The number of nitro benzene ring substituents is 1. The van der Waals surface area contributed by atoms with Crippen LogP contribution < -0.4 is 15.4 Å². The molecular weight excluding hydrogens is 404 g/mol. The van der Waals surface area contributed by atoms with E-state index in [1.807, 2.05) is 48.5 Å². The van der Waals surface area contributed by atoms with Crippen LogP contribution in [0.4, 0.5) is 17.1 Å². The summed E-state index contributed by atoms with van der Waals surface area (Å²) in [5, 5.41) is 12.1. The summed E-state index contributed by atoms with van der Waals surface area (Å²) >= 11 is 0. The highest BCUT2D eigenvalue weighted by Gasteiger charge is 2.25. The van der Waals surface area contributed by atoms with Crippen LogP contribution in [-0.4, -0.2) is 36.1 Å². The first-order valence-electron chi connectivity index (χ1n) is 10.6. The second-order valence-electron chi connectivity index (χ2n) is 7.84. The number of anilines is 2. The van der Waals surface area contributed by atoms with Crippen LogP contribution in [0, 0.1) is 10.1 Å². The van der Waals surface area contributed by atoms with Crippen molar-refractivity contribution < 1.29 is 4.92 Å². The zero-order valence-corrected chi connectivity index (χ0v) is 17.4. The number of pyridine rings is 1. The van der Waals surface area contributed by atoms with Gasteiger partial charge in [-0.2, -0.15) is 0 Å². The van der Waals surface area contributed by atoms with E-state index in [1.54, 1.807) is 12.1 Å². The Kier molecular flexibility index (Phi) is 5.07. The van der Waals surface area contributed by atoms with Crippen LogP contribution >= 0.6 is 0 Å². The Morgan fingerprint density at radius 1 is 0.812 bits per heavy atom. The molecule has 160 valence electrons. The lowest BCUT2D eigenvalue weighted by Gasteiger charge is -2.37. The fourth-order valence-corrected chi connectivity index (χ4v) is 4.41. The number of hydrogen-bond acceptors (Lipinski definition) is 5. The van der Waals surface area contributed by atoms with Crippen molar-refractivity contribution in [2.75, 3.05) is 36.0 Å². The van der Waals surface area contributed by atoms with Gasteiger partial charge in [-0.05, 0) is 23.8 Å². The molecule has 0 atom stereocenters. The lowest BCUT2D eigenvalue weighted by molar-refractivity contribution is -0.384. The number of rotatable bonds is 4. The molecule has 1 saturated heterocycles. The summed E-state index contributed by atoms with van der Waals surface area (Å²) in [4.78, 5) is 31.6. The third kappa shape index (κ3) is 3.58. The third-order valence-corrected chi connectivity index (χ3v) is 5.96. The van der Waals surface area contributed by atoms with E-state index in [9.17, 15) is 14.9 Å². The molecule has 5 rings (SSSR count). The second kappa shape index (κ2) is 8.19. The number of para-hydroxylation sites is 1. The van der Waals surface area contributed by atoms with Gasteiger partial charge in [0.05, 0.1) is 4.92 Å². The fourth-order valence-electron chi connectivity index (χ4n) is 4.41. The van der Waals surface area contributed by atoms with Crippen molar-refractivity contribution in [1.29, 1.82) is 0 Å². The number of aromatic amines is 1. The van der Waals surface area contributed by atoms with Crippen LogP contribution in [0.1, 0.15) is 0 Å². The molecule has 32 heavy (non-hydrogen) atoms. The van der Waals surface area contributed by atoms with E-state index in [1.165, 1.54) is 11.8 Å². The summed E-state index contributed by atoms with van der Waals surface area (Å²) in [6, 6.07) is 24.4. The van der Waals surface area contributed by atoms with Crippen molar-refractivity contribution in [2.24, 2.45) is 0 Å². The van der Waals surface area contributed by atoms with Gasteiger partial charge in [0, 0.05) is 60.5 Å². The molecule has 2 heterocycles. The number of nitro groups is 1. The molecule has 0 amide bonds. The number of benzene rings is 3. The van der Waals surface area contributed by atoms with E-state index in [-0.39, 0.29) is 11.2 Å². The van der Waals surface area contributed by atoms with E-state index >= 15 is 0 Å². The van der Waals surface area contributed by atoms with Gasteiger partial charge in [0.15, 0.2) is 0 Å². The third-order valence-electron chi connectivity index (χ3n) is 5.96. The number of piperazine rings is 1. The zero-order valence-electron chi connectivity index (χ0n) is 17.4. The van der Waals surface area contributed by atoms with Gasteiger partial charge in [-0.1, -0.05) is 48.5 Å². The first-order chi connectivity index (χ1) is 15.6. The van der Waals surface area contributed by atoms with Crippen LogP contribution in [0.3, 0.4) is 0 Å². The van der Waals surface area contributed by atoms with E-state index in [2.05, 4.69) is 26.9 Å². The quantitative estimate of drug-likeness (QED) is 0.386. The molecule has 0 saturated carbocycles. The number of non-ortho nitro benzene ring substituents is 1. The maximum atomic E-state index is 13.3. The topological polar surface area (TPSA) is 82.5 Å². The van der Waals surface area contributed by atoms with Gasteiger partial charge >= 0.3 is 0 Å². The molecule has 1 aliphatic heterocycles. The van der Waals surface area contributed by atoms with E-state index < -0.39 is 4.92 Å². The summed E-state index contributed by atoms with van der Waals surface area (Å²) in [6.45, 7) is 2.92. The molecule has 1 aliphatic rings. The largest absolute Gasteiger partial charge is 0.368 e. The molecule has 1 N–H and O–H groups in total. The summed E-state index contributed by atoms with van der Waals surface area (Å²) in [5.41, 5.74) is 3.74. The van der Waals surface area contributed by atoms with Crippen molar-refractivity contribution in [3.63, 3.8) is 0 Å². The Hall–Kier alpha value is -4.13. The molecule has 0 radical (unpaired) electrons. The molecule has 4 aromatic rings. The number of nitrogens with zero attached hydrogens (tertiary/aromatic N) is 3. The monoisotopic (exact) mass is 426 g/mol. The Morgan fingerprint density at radius 2 is 1.44 bits per heavy atom. The van der Waals surface area contributed by atoms with Gasteiger partial charge < -0.3 is 14.8 Å². The summed E-state index contributed by atoms with van der Waals surface area (Å²) < 4.78 is 0. The summed E-state index contributed by atoms with van der Waals surface area (Å²) in [7, 11) is 0. The minimum atomic E-state index is -0.405. The van der Waals surface area contributed by atoms with Gasteiger partial charge in [-0.15, -0.1) is 0 Å². The van der Waals surface area contributed by atoms with Crippen LogP contribution in [-0.2, 0) is 0 Å². The predicted octanol–water partition coefficient (Wildman–Crippen LogP) is 4.43. The Morgan fingerprint density at radius 3 is 2.09 bits per heavy atom. The van der Waals surface area contributed by atoms with Crippen LogP contribution in [0.15, 0.2) is 83.7 Å². The fraction of sp³-hybridized carbons (Fsp3) is 0.160. The van der Waals surface area contributed by atoms with Gasteiger partial charge in [0.2, 0.25) is 0 Å². The summed E-state index contributed by atoms with van der Waals surface area (Å²) in [5.74, 6) is 0. The lowest BCUT2D eigenvalue weighted by atomic mass is 9.98. The highest BCUT2D eigenvalue weighted by molar-refractivity contribution is 6.01. The molecule has 0 unspecified atom stereocenters. The maximum absolute atomic E-state index is 13.3. The SMILES string of the molecule is O=c1[nH]c2ccc([N+](=O)[O-])cc2c(-c2ccccc2)c1N1CCN(c2ccccc2)CC1. The Balaban J connectivity index is 1.62. The van der Waals surface area contributed by atoms with Crippen molar-refractivity contribution in [3.05, 3.63) is 99.3 Å². The van der Waals surface area contributed by atoms with Crippen LogP contribution in [0.5, 0.6) is 0 Å². The molecule has 3 aromatic carbocycles. The first kappa shape index (κ1) is 19.8. The Bertz CT molecular complexity index is 1330. The number of H-pyrrole nitrogens is 1. The van der Waals surface area contributed by atoms with Crippen molar-refractivity contribution in [2.45, 2.75) is 0 Å². The summed E-state index contributed by atoms with van der Waals surface area (Å²) in [6.07, 6.45) is 0. The molecule has 1 fully saturated rings. The normalized spacial score (nSPS) is 14.0. The van der Waals surface area contributed by atoms with E-state index in [4.69, 9.17) is 0 Å². The molecule has 7 heteroatoms. The van der Waals surface area contributed by atoms with Gasteiger partial charge in [-0.25, -0.2) is 0 Å². The average molecular weight is 426 g/mol. The molecular formula is C25H22N4O3. The number of hydrogen-bond donors (Lipinski definition) is 1. The Labute approximate surface area is 184 Å². The standard InChI is InChI=1S/C25H22N4O3/c30-25-24(28-15-13-27(14-16-28)19-9-5-2-6-10-19)23(18-7-3-1-4-8-18)21-17-20(29(31)32)11-12-22(21)26-25/h1-12,17H,13-16H2,(H,26,30). The van der Waals surface area contributed by atoms with Crippen LogP contribution in [0.2, 0.25) is 0 Å². The van der Waals surface area contributed by atoms with E-state index in [0.717, 1.165) is 24.2 Å². The van der Waals surface area contributed by atoms with Crippen molar-refractivity contribution >= 4 is 28.0 Å². The van der Waals surface area contributed by atoms with E-state index in [0.29, 0.717) is 29.7 Å². The second-order valence-corrected chi connectivity index (χ2v) is 7.84. The minimum Gasteiger partial charge on any atom is -0.368 e. The zero-order chi connectivity index (χ0) is 22.1. The molecule has 0 spiro atoms. The maximum Gasteiger partial charge on any atom is 0.272 e. The number of nitrogens with one attached hydrogen (secondary N) is 1. The predicted molar refractivity (Wildman–Crippen MR) is 128 cm³/mol. The highest BCUT2D eigenvalue weighted by atomic mass is 16.6. The smallest absolute Gasteiger partial charge is 0.272 e. The average Bonchev–Trinajstić information content (AvgIpc) is 2.84. The van der Waals surface area contributed by atoms with Gasteiger partial charge in [0.25, 0.3) is 11.2 Å². The van der Waals surface area contributed by atoms with Gasteiger partial charge in [-0.3, -0.25) is 14.9 Å². The molecule has 1 aromatic heterocycles. The van der Waals surface area contributed by atoms with Crippen LogP contribution in [0.25, 0.3) is 22.0 Å². The van der Waals surface area contributed by atoms with Gasteiger partial charge in [0.1, 0.15) is 5.69 Å². The number of aromatic nitrogens is 1. The number of fused-ring (bicyclic) bond motifs is 1. The lowest BCUT2D eigenvalue weighted by Crippen LogP contribution is -2.48.